The molecule has 0 aromatic heterocycles. The molecule has 0 saturated carbocycles. The number of carbonyl (C=O) groups excluding carboxylic acids is 1. The van der Waals surface area contributed by atoms with Gasteiger partial charge in [0, 0.05) is 29.7 Å². The molecule has 0 saturated heterocycles. The summed E-state index contributed by atoms with van der Waals surface area (Å²) in [6.07, 6.45) is 0. The van der Waals surface area contributed by atoms with Crippen molar-refractivity contribution in [1.82, 2.24) is 10.6 Å². The van der Waals surface area contributed by atoms with E-state index in [2.05, 4.69) is 26.6 Å². The molecule has 5 nitrogen and oxygen atoms in total. The van der Waals surface area contributed by atoms with Gasteiger partial charge in [-0.05, 0) is 32.2 Å². The van der Waals surface area contributed by atoms with E-state index < -0.39 is 0 Å². The van der Waals surface area contributed by atoms with E-state index in [1.54, 1.807) is 7.11 Å². The van der Waals surface area contributed by atoms with Gasteiger partial charge < -0.3 is 20.1 Å². The first kappa shape index (κ1) is 16.9. The molecule has 0 bridgehead atoms. The first-order valence-electron chi connectivity index (χ1n) is 6.41. The third-order valence-corrected chi connectivity index (χ3v) is 3.07. The molecule has 1 aromatic rings. The number of ether oxygens (including phenoxy) is 2. The lowest BCUT2D eigenvalue weighted by Crippen LogP contribution is -2.38. The van der Waals surface area contributed by atoms with E-state index in [0.29, 0.717) is 18.9 Å². The Morgan fingerprint density at radius 3 is 2.85 bits per heavy atom. The zero-order valence-corrected chi connectivity index (χ0v) is 13.6. The highest BCUT2D eigenvalue weighted by atomic mass is 79.9. The Hall–Kier alpha value is -1.11. The monoisotopic (exact) mass is 344 g/mol. The maximum Gasteiger partial charge on any atom is 0.258 e. The maximum absolute atomic E-state index is 11.7. The van der Waals surface area contributed by atoms with Gasteiger partial charge in [0.05, 0.1) is 6.61 Å². The van der Waals surface area contributed by atoms with Gasteiger partial charge >= 0.3 is 0 Å². The standard InChI is InChI=1S/C14H21BrN2O3/c1-10(8-19-3)17-14(18)9-20-13-5-4-12(15)6-11(13)7-16-2/h4-6,10,16H,7-9H2,1-3H3,(H,17,18). The van der Waals surface area contributed by atoms with Crippen LogP contribution in [0.15, 0.2) is 22.7 Å². The summed E-state index contributed by atoms with van der Waals surface area (Å²) in [5.74, 6) is 0.546. The Morgan fingerprint density at radius 1 is 1.45 bits per heavy atom. The van der Waals surface area contributed by atoms with Crippen LogP contribution >= 0.6 is 15.9 Å². The summed E-state index contributed by atoms with van der Waals surface area (Å²) in [7, 11) is 3.47. The van der Waals surface area contributed by atoms with Gasteiger partial charge in [0.15, 0.2) is 6.61 Å². The minimum Gasteiger partial charge on any atom is -0.483 e. The van der Waals surface area contributed by atoms with E-state index in [4.69, 9.17) is 9.47 Å². The number of amides is 1. The normalized spacial score (nSPS) is 12.0. The molecule has 1 aromatic carbocycles. The SMILES string of the molecule is CNCc1cc(Br)ccc1OCC(=O)NC(C)COC. The minimum absolute atomic E-state index is 0.00754. The molecule has 0 aliphatic carbocycles. The van der Waals surface area contributed by atoms with E-state index in [0.717, 1.165) is 10.0 Å². The van der Waals surface area contributed by atoms with Crippen LogP contribution in [0.5, 0.6) is 5.75 Å². The molecule has 0 radical (unpaired) electrons. The molecule has 0 spiro atoms. The highest BCUT2D eigenvalue weighted by Crippen LogP contribution is 2.23. The molecular weight excluding hydrogens is 324 g/mol. The lowest BCUT2D eigenvalue weighted by molar-refractivity contribution is -0.124. The lowest BCUT2D eigenvalue weighted by atomic mass is 10.2. The van der Waals surface area contributed by atoms with Crippen LogP contribution in [0.2, 0.25) is 0 Å². The second-order valence-corrected chi connectivity index (χ2v) is 5.41. The van der Waals surface area contributed by atoms with Crippen LogP contribution in [0.3, 0.4) is 0 Å². The molecule has 1 amide bonds. The molecule has 1 rings (SSSR count). The van der Waals surface area contributed by atoms with E-state index in [1.807, 2.05) is 32.2 Å². The van der Waals surface area contributed by atoms with Crippen LogP contribution in [-0.2, 0) is 16.1 Å². The molecule has 0 aliphatic rings. The van der Waals surface area contributed by atoms with Crippen molar-refractivity contribution in [3.63, 3.8) is 0 Å². The number of hydrogen-bond donors (Lipinski definition) is 2. The third-order valence-electron chi connectivity index (χ3n) is 2.57. The number of rotatable bonds is 8. The van der Waals surface area contributed by atoms with Crippen LogP contribution in [0.25, 0.3) is 0 Å². The summed E-state index contributed by atoms with van der Waals surface area (Å²) in [6.45, 7) is 3.03. The fourth-order valence-corrected chi connectivity index (χ4v) is 2.18. The van der Waals surface area contributed by atoms with Crippen molar-refractivity contribution in [3.8, 4) is 5.75 Å². The van der Waals surface area contributed by atoms with Gasteiger partial charge in [-0.1, -0.05) is 15.9 Å². The molecule has 1 atom stereocenters. The summed E-state index contributed by atoms with van der Waals surface area (Å²) in [4.78, 5) is 11.7. The smallest absolute Gasteiger partial charge is 0.258 e. The van der Waals surface area contributed by atoms with Gasteiger partial charge in [-0.2, -0.15) is 0 Å². The average Bonchev–Trinajstić information content (AvgIpc) is 2.38. The van der Waals surface area contributed by atoms with E-state index in [1.165, 1.54) is 0 Å². The summed E-state index contributed by atoms with van der Waals surface area (Å²) >= 11 is 3.42. The second-order valence-electron chi connectivity index (χ2n) is 4.49. The summed E-state index contributed by atoms with van der Waals surface area (Å²) in [5, 5.41) is 5.87. The van der Waals surface area contributed by atoms with Crippen LogP contribution in [0.4, 0.5) is 0 Å². The molecule has 112 valence electrons. The molecule has 1 unspecified atom stereocenters. The van der Waals surface area contributed by atoms with Crippen molar-refractivity contribution >= 4 is 21.8 Å². The number of methoxy groups -OCH3 is 1. The topological polar surface area (TPSA) is 59.6 Å². The molecule has 0 heterocycles. The van der Waals surface area contributed by atoms with Crippen LogP contribution in [-0.4, -0.2) is 39.3 Å². The second kappa shape index (κ2) is 8.94. The van der Waals surface area contributed by atoms with Crippen LogP contribution < -0.4 is 15.4 Å². The fraction of sp³-hybridized carbons (Fsp3) is 0.500. The zero-order chi connectivity index (χ0) is 15.0. The number of hydrogen-bond acceptors (Lipinski definition) is 4. The minimum atomic E-state index is -0.159. The molecule has 0 aliphatic heterocycles. The predicted molar refractivity (Wildman–Crippen MR) is 81.9 cm³/mol. The molecule has 20 heavy (non-hydrogen) atoms. The number of carbonyl (C=O) groups is 1. The number of nitrogens with one attached hydrogen (secondary N) is 2. The lowest BCUT2D eigenvalue weighted by Gasteiger charge is -2.15. The van der Waals surface area contributed by atoms with Gasteiger partial charge in [0.1, 0.15) is 5.75 Å². The van der Waals surface area contributed by atoms with Crippen molar-refractivity contribution in [2.75, 3.05) is 27.4 Å². The highest BCUT2D eigenvalue weighted by Gasteiger charge is 2.10. The molecule has 6 heteroatoms. The Bertz CT molecular complexity index is 440. The van der Waals surface area contributed by atoms with Gasteiger partial charge in [0.25, 0.3) is 5.91 Å². The fourth-order valence-electron chi connectivity index (χ4n) is 1.77. The Kier molecular flexibility index (Phi) is 7.58. The first-order chi connectivity index (χ1) is 9.56. The summed E-state index contributed by atoms with van der Waals surface area (Å²) in [6, 6.07) is 5.68. The largest absolute Gasteiger partial charge is 0.483 e. The molecule has 2 N–H and O–H groups in total. The Morgan fingerprint density at radius 2 is 2.20 bits per heavy atom. The molecule has 0 fully saturated rings. The van der Waals surface area contributed by atoms with Crippen molar-refractivity contribution in [2.24, 2.45) is 0 Å². The quantitative estimate of drug-likeness (QED) is 0.753. The first-order valence-corrected chi connectivity index (χ1v) is 7.20. The average molecular weight is 345 g/mol. The van der Waals surface area contributed by atoms with Crippen molar-refractivity contribution in [3.05, 3.63) is 28.2 Å². The summed E-state index contributed by atoms with van der Waals surface area (Å²) < 4.78 is 11.5. The van der Waals surface area contributed by atoms with Crippen LogP contribution in [0.1, 0.15) is 12.5 Å². The zero-order valence-electron chi connectivity index (χ0n) is 12.0. The van der Waals surface area contributed by atoms with E-state index >= 15 is 0 Å². The predicted octanol–water partition coefficient (Wildman–Crippen LogP) is 1.70. The van der Waals surface area contributed by atoms with Crippen molar-refractivity contribution < 1.29 is 14.3 Å². The highest BCUT2D eigenvalue weighted by molar-refractivity contribution is 9.10. The maximum atomic E-state index is 11.7. The van der Waals surface area contributed by atoms with E-state index in [-0.39, 0.29) is 18.6 Å². The van der Waals surface area contributed by atoms with E-state index in [9.17, 15) is 4.79 Å². The number of benzene rings is 1. The summed E-state index contributed by atoms with van der Waals surface area (Å²) in [5.41, 5.74) is 1.000. The Labute approximate surface area is 128 Å². The third kappa shape index (κ3) is 5.90. The van der Waals surface area contributed by atoms with Crippen molar-refractivity contribution in [1.29, 1.82) is 0 Å². The van der Waals surface area contributed by atoms with Gasteiger partial charge in [0.2, 0.25) is 0 Å². The van der Waals surface area contributed by atoms with Crippen molar-refractivity contribution in [2.45, 2.75) is 19.5 Å². The van der Waals surface area contributed by atoms with Gasteiger partial charge in [-0.25, -0.2) is 0 Å². The Balaban J connectivity index is 2.54. The molecular formula is C14H21BrN2O3. The van der Waals surface area contributed by atoms with Gasteiger partial charge in [-0.3, -0.25) is 4.79 Å². The van der Waals surface area contributed by atoms with Gasteiger partial charge in [-0.15, -0.1) is 0 Å². The van der Waals surface area contributed by atoms with Crippen LogP contribution in [0, 0.1) is 0 Å². The number of halogens is 1.